The minimum absolute atomic E-state index is 0.0664. The molecule has 59 heavy (non-hydrogen) atoms. The van der Waals surface area contributed by atoms with Gasteiger partial charge in [0.1, 0.15) is 13.2 Å². The maximum absolute atomic E-state index is 12.7. The number of unbranched alkanes of at least 4 members (excludes halogenated alkanes) is 35. The highest BCUT2D eigenvalue weighted by molar-refractivity contribution is 5.71. The Labute approximate surface area is 367 Å². The summed E-state index contributed by atoms with van der Waals surface area (Å²) in [6.45, 7) is 6.65. The zero-order valence-electron chi connectivity index (χ0n) is 39.8. The van der Waals surface area contributed by atoms with E-state index in [1.165, 1.54) is 193 Å². The van der Waals surface area contributed by atoms with Gasteiger partial charge < -0.3 is 14.2 Å². The molecule has 0 saturated carbocycles. The SMILES string of the molecule is CCCCCCCCCC/C=C\CCCCCCCCCC(=O)OCC(COC(=O)CCCCCCCCCCCC)OC(=O)CCCCCCCCCCCCCC. The first-order valence-electron chi connectivity index (χ1n) is 26.2. The fourth-order valence-electron chi connectivity index (χ4n) is 7.79. The van der Waals surface area contributed by atoms with E-state index >= 15 is 0 Å². The summed E-state index contributed by atoms with van der Waals surface area (Å²) in [5, 5.41) is 0. The highest BCUT2D eigenvalue weighted by atomic mass is 16.6. The quantitative estimate of drug-likeness (QED) is 0.0263. The molecule has 0 radical (unpaired) electrons. The average molecular weight is 833 g/mol. The van der Waals surface area contributed by atoms with Gasteiger partial charge in [-0.3, -0.25) is 14.4 Å². The molecular formula is C53H100O6. The van der Waals surface area contributed by atoms with Crippen LogP contribution in [0.15, 0.2) is 12.2 Å². The molecule has 0 heterocycles. The van der Waals surface area contributed by atoms with E-state index < -0.39 is 6.10 Å². The van der Waals surface area contributed by atoms with E-state index in [-0.39, 0.29) is 31.1 Å². The summed E-state index contributed by atoms with van der Waals surface area (Å²) in [4.78, 5) is 37.9. The molecule has 0 aromatic carbocycles. The van der Waals surface area contributed by atoms with Crippen LogP contribution in [0.4, 0.5) is 0 Å². The Morgan fingerprint density at radius 1 is 0.322 bits per heavy atom. The standard InChI is InChI=1S/C53H100O6/c1-4-7-10-13-16-19-22-24-25-26-27-28-29-30-32-34-37-40-43-46-52(55)58-49-50(48-57-51(54)45-42-39-36-33-21-18-15-12-9-6-3)59-53(56)47-44-41-38-35-31-23-20-17-14-11-8-5-2/h26-27,50H,4-25,28-49H2,1-3H3/b27-26-. The molecule has 1 unspecified atom stereocenters. The summed E-state index contributed by atoms with van der Waals surface area (Å²) in [5.74, 6) is -0.857. The van der Waals surface area contributed by atoms with E-state index in [1.807, 2.05) is 0 Å². The van der Waals surface area contributed by atoms with Gasteiger partial charge in [0.25, 0.3) is 0 Å². The maximum atomic E-state index is 12.7. The van der Waals surface area contributed by atoms with Crippen LogP contribution in [-0.4, -0.2) is 37.2 Å². The third-order valence-electron chi connectivity index (χ3n) is 11.8. The summed E-state index contributed by atoms with van der Waals surface area (Å²) < 4.78 is 16.8. The molecule has 348 valence electrons. The average Bonchev–Trinajstić information content (AvgIpc) is 3.23. The van der Waals surface area contributed by atoms with Crippen LogP contribution in [0.5, 0.6) is 0 Å². The fraction of sp³-hybridized carbons (Fsp3) is 0.906. The third-order valence-corrected chi connectivity index (χ3v) is 11.8. The second-order valence-corrected chi connectivity index (χ2v) is 17.8. The lowest BCUT2D eigenvalue weighted by molar-refractivity contribution is -0.167. The topological polar surface area (TPSA) is 78.9 Å². The zero-order chi connectivity index (χ0) is 43.0. The van der Waals surface area contributed by atoms with Crippen molar-refractivity contribution in [2.45, 2.75) is 297 Å². The van der Waals surface area contributed by atoms with E-state index in [0.717, 1.165) is 57.8 Å². The van der Waals surface area contributed by atoms with Gasteiger partial charge in [-0.2, -0.15) is 0 Å². The normalized spacial score (nSPS) is 12.0. The van der Waals surface area contributed by atoms with E-state index in [0.29, 0.717) is 19.3 Å². The first-order chi connectivity index (χ1) is 29.0. The molecule has 0 amide bonds. The van der Waals surface area contributed by atoms with E-state index in [9.17, 15) is 14.4 Å². The van der Waals surface area contributed by atoms with Crippen LogP contribution in [0.25, 0.3) is 0 Å². The molecule has 0 aliphatic rings. The Morgan fingerprint density at radius 3 is 0.847 bits per heavy atom. The van der Waals surface area contributed by atoms with Gasteiger partial charge in [0.2, 0.25) is 0 Å². The van der Waals surface area contributed by atoms with E-state index in [2.05, 4.69) is 32.9 Å². The lowest BCUT2D eigenvalue weighted by Crippen LogP contribution is -2.30. The summed E-state index contributed by atoms with van der Waals surface area (Å²) in [5.41, 5.74) is 0. The molecule has 0 saturated heterocycles. The van der Waals surface area contributed by atoms with Crippen molar-refractivity contribution < 1.29 is 28.6 Å². The second-order valence-electron chi connectivity index (χ2n) is 17.8. The third kappa shape index (κ3) is 47.1. The smallest absolute Gasteiger partial charge is 0.306 e. The van der Waals surface area contributed by atoms with Crippen molar-refractivity contribution >= 4 is 17.9 Å². The highest BCUT2D eigenvalue weighted by Gasteiger charge is 2.19. The number of carbonyl (C=O) groups is 3. The van der Waals surface area contributed by atoms with Crippen LogP contribution in [0.3, 0.4) is 0 Å². The van der Waals surface area contributed by atoms with Gasteiger partial charge in [-0.1, -0.05) is 238 Å². The molecule has 0 N–H and O–H groups in total. The number of carbonyl (C=O) groups excluding carboxylic acids is 3. The lowest BCUT2D eigenvalue weighted by Gasteiger charge is -2.18. The number of allylic oxidation sites excluding steroid dienone is 2. The van der Waals surface area contributed by atoms with Crippen molar-refractivity contribution in [3.05, 3.63) is 12.2 Å². The molecule has 0 fully saturated rings. The molecule has 0 aliphatic heterocycles. The Hall–Kier alpha value is -1.85. The Balaban J connectivity index is 4.25. The predicted molar refractivity (Wildman–Crippen MR) is 252 cm³/mol. The number of rotatable bonds is 48. The summed E-state index contributed by atoms with van der Waals surface area (Å²) in [6.07, 6.45) is 53.4. The first kappa shape index (κ1) is 57.1. The van der Waals surface area contributed by atoms with Gasteiger partial charge in [0.15, 0.2) is 6.10 Å². The maximum Gasteiger partial charge on any atom is 0.306 e. The van der Waals surface area contributed by atoms with Crippen molar-refractivity contribution in [3.63, 3.8) is 0 Å². The monoisotopic (exact) mass is 833 g/mol. The predicted octanol–water partition coefficient (Wildman–Crippen LogP) is 17.0. The van der Waals surface area contributed by atoms with Gasteiger partial charge in [-0.05, 0) is 44.9 Å². The lowest BCUT2D eigenvalue weighted by atomic mass is 10.0. The molecule has 0 spiro atoms. The summed E-state index contributed by atoms with van der Waals surface area (Å²) in [6, 6.07) is 0. The first-order valence-corrected chi connectivity index (χ1v) is 26.2. The van der Waals surface area contributed by atoms with Crippen molar-refractivity contribution in [2.24, 2.45) is 0 Å². The number of hydrogen-bond donors (Lipinski definition) is 0. The molecule has 6 heteroatoms. The van der Waals surface area contributed by atoms with Gasteiger partial charge in [-0.15, -0.1) is 0 Å². The van der Waals surface area contributed by atoms with E-state index in [4.69, 9.17) is 14.2 Å². The summed E-state index contributed by atoms with van der Waals surface area (Å²) >= 11 is 0. The molecule has 6 nitrogen and oxygen atoms in total. The minimum atomic E-state index is -0.764. The molecule has 0 rings (SSSR count). The molecule has 1 atom stereocenters. The van der Waals surface area contributed by atoms with Crippen LogP contribution in [0.1, 0.15) is 290 Å². The molecule has 0 aromatic rings. The van der Waals surface area contributed by atoms with Gasteiger partial charge in [0, 0.05) is 19.3 Å². The van der Waals surface area contributed by atoms with Crippen LogP contribution >= 0.6 is 0 Å². The molecule has 0 aromatic heterocycles. The van der Waals surface area contributed by atoms with Crippen molar-refractivity contribution in [3.8, 4) is 0 Å². The summed E-state index contributed by atoms with van der Waals surface area (Å²) in [7, 11) is 0. The Bertz CT molecular complexity index is 916. The molecular weight excluding hydrogens is 733 g/mol. The van der Waals surface area contributed by atoms with Crippen molar-refractivity contribution in [1.82, 2.24) is 0 Å². The van der Waals surface area contributed by atoms with Gasteiger partial charge in [0.05, 0.1) is 0 Å². The van der Waals surface area contributed by atoms with Crippen LogP contribution < -0.4 is 0 Å². The van der Waals surface area contributed by atoms with Crippen LogP contribution in [0.2, 0.25) is 0 Å². The molecule has 0 aliphatic carbocycles. The Morgan fingerprint density at radius 2 is 0.559 bits per heavy atom. The fourth-order valence-corrected chi connectivity index (χ4v) is 7.79. The molecule has 0 bridgehead atoms. The van der Waals surface area contributed by atoms with Gasteiger partial charge >= 0.3 is 17.9 Å². The number of ether oxygens (including phenoxy) is 3. The largest absolute Gasteiger partial charge is 0.462 e. The van der Waals surface area contributed by atoms with Gasteiger partial charge in [-0.25, -0.2) is 0 Å². The Kier molecular flexibility index (Phi) is 47.3. The number of hydrogen-bond acceptors (Lipinski definition) is 6. The number of esters is 3. The highest BCUT2D eigenvalue weighted by Crippen LogP contribution is 2.16. The van der Waals surface area contributed by atoms with Crippen LogP contribution in [0, 0.1) is 0 Å². The van der Waals surface area contributed by atoms with Crippen molar-refractivity contribution in [2.75, 3.05) is 13.2 Å². The van der Waals surface area contributed by atoms with Crippen molar-refractivity contribution in [1.29, 1.82) is 0 Å². The van der Waals surface area contributed by atoms with Crippen LogP contribution in [-0.2, 0) is 28.6 Å². The zero-order valence-corrected chi connectivity index (χ0v) is 39.8. The second kappa shape index (κ2) is 48.8. The minimum Gasteiger partial charge on any atom is -0.462 e. The van der Waals surface area contributed by atoms with E-state index in [1.54, 1.807) is 0 Å².